The summed E-state index contributed by atoms with van der Waals surface area (Å²) in [5.74, 6) is -0.184. The first-order valence-electron chi connectivity index (χ1n) is 7.68. The van der Waals surface area contributed by atoms with Crippen molar-refractivity contribution in [3.63, 3.8) is 0 Å². The Hall–Kier alpha value is -2.93. The van der Waals surface area contributed by atoms with Gasteiger partial charge in [-0.2, -0.15) is 4.72 Å². The van der Waals surface area contributed by atoms with Crippen molar-refractivity contribution in [2.45, 2.75) is 4.90 Å². The number of carbonyl (C=O) groups is 2. The maximum absolute atomic E-state index is 13.6. The predicted molar refractivity (Wildman–Crippen MR) is 101 cm³/mol. The van der Waals surface area contributed by atoms with Crippen LogP contribution < -0.4 is 10.0 Å². The summed E-state index contributed by atoms with van der Waals surface area (Å²) in [7, 11) is -3.79. The number of amides is 1. The van der Waals surface area contributed by atoms with Gasteiger partial charge in [-0.15, -0.1) is 6.42 Å². The maximum Gasteiger partial charge on any atom is 0.338 e. The summed E-state index contributed by atoms with van der Waals surface area (Å²) in [6.45, 7) is -0.844. The van der Waals surface area contributed by atoms with E-state index in [0.29, 0.717) is 0 Å². The van der Waals surface area contributed by atoms with Crippen LogP contribution in [0.1, 0.15) is 10.4 Å². The van der Waals surface area contributed by atoms with Crippen LogP contribution in [0.4, 0.5) is 10.1 Å². The number of benzene rings is 2. The first-order valence-corrected chi connectivity index (χ1v) is 9.54. The number of hydrogen-bond acceptors (Lipinski definition) is 5. The third-order valence-electron chi connectivity index (χ3n) is 3.30. The molecule has 0 radical (unpaired) electrons. The molecule has 2 rings (SSSR count). The number of carbonyl (C=O) groups excluding carboxylic acids is 2. The Balaban J connectivity index is 1.95. The highest BCUT2D eigenvalue weighted by atomic mass is 35.5. The van der Waals surface area contributed by atoms with Gasteiger partial charge in [-0.05, 0) is 42.5 Å². The summed E-state index contributed by atoms with van der Waals surface area (Å²) >= 11 is 5.72. The topological polar surface area (TPSA) is 102 Å². The van der Waals surface area contributed by atoms with Crippen molar-refractivity contribution in [1.82, 2.24) is 4.72 Å². The first kappa shape index (κ1) is 21.4. The minimum absolute atomic E-state index is 0.0256. The van der Waals surface area contributed by atoms with Crippen LogP contribution in [-0.4, -0.2) is 33.4 Å². The van der Waals surface area contributed by atoms with Crippen molar-refractivity contribution in [2.75, 3.05) is 18.5 Å². The molecule has 28 heavy (non-hydrogen) atoms. The van der Waals surface area contributed by atoms with Crippen LogP contribution in [0.2, 0.25) is 5.02 Å². The van der Waals surface area contributed by atoms with Gasteiger partial charge >= 0.3 is 5.97 Å². The van der Waals surface area contributed by atoms with Crippen molar-refractivity contribution in [2.24, 2.45) is 0 Å². The quantitative estimate of drug-likeness (QED) is 0.524. The van der Waals surface area contributed by atoms with Gasteiger partial charge < -0.3 is 10.1 Å². The zero-order chi connectivity index (χ0) is 20.7. The molecule has 2 aromatic rings. The largest absolute Gasteiger partial charge is 0.452 e. The smallest absolute Gasteiger partial charge is 0.338 e. The number of esters is 1. The number of hydrogen-bond donors (Lipinski definition) is 2. The monoisotopic (exact) mass is 424 g/mol. The van der Waals surface area contributed by atoms with E-state index in [1.165, 1.54) is 36.4 Å². The molecule has 2 N–H and O–H groups in total. The van der Waals surface area contributed by atoms with Gasteiger partial charge in [-0.25, -0.2) is 17.6 Å². The van der Waals surface area contributed by atoms with Gasteiger partial charge in [-0.3, -0.25) is 4.79 Å². The molecule has 0 atom stereocenters. The van der Waals surface area contributed by atoms with E-state index in [-0.39, 0.29) is 27.7 Å². The molecular weight excluding hydrogens is 411 g/mol. The van der Waals surface area contributed by atoms with Crippen molar-refractivity contribution in [3.05, 3.63) is 58.9 Å². The highest BCUT2D eigenvalue weighted by molar-refractivity contribution is 7.89. The molecular formula is C18H14ClFN2O5S. The molecule has 1 amide bonds. The molecule has 2 aromatic carbocycles. The maximum atomic E-state index is 13.6. The molecule has 0 saturated carbocycles. The van der Waals surface area contributed by atoms with Crippen LogP contribution >= 0.6 is 11.6 Å². The highest BCUT2D eigenvalue weighted by Gasteiger charge is 2.16. The zero-order valence-electron chi connectivity index (χ0n) is 14.2. The van der Waals surface area contributed by atoms with Crippen molar-refractivity contribution < 1.29 is 27.1 Å². The van der Waals surface area contributed by atoms with Crippen molar-refractivity contribution >= 4 is 39.2 Å². The Morgan fingerprint density at radius 3 is 2.50 bits per heavy atom. The number of sulfonamides is 1. The average Bonchev–Trinajstić information content (AvgIpc) is 2.67. The lowest BCUT2D eigenvalue weighted by atomic mass is 10.2. The number of rotatable bonds is 7. The molecule has 0 aliphatic rings. The summed E-state index contributed by atoms with van der Waals surface area (Å²) in [6.07, 6.45) is 5.00. The molecule has 7 nitrogen and oxygen atoms in total. The minimum atomic E-state index is -3.79. The van der Waals surface area contributed by atoms with Crippen LogP contribution in [0, 0.1) is 18.2 Å². The van der Waals surface area contributed by atoms with Gasteiger partial charge in [0, 0.05) is 5.02 Å². The number of ether oxygens (including phenoxy) is 1. The minimum Gasteiger partial charge on any atom is -0.452 e. The Bertz CT molecular complexity index is 1030. The lowest BCUT2D eigenvalue weighted by molar-refractivity contribution is -0.119. The summed E-state index contributed by atoms with van der Waals surface area (Å²) in [5, 5.41) is 2.45. The van der Waals surface area contributed by atoms with Crippen LogP contribution in [-0.2, 0) is 19.6 Å². The van der Waals surface area contributed by atoms with Gasteiger partial charge in [0.05, 0.1) is 22.7 Å². The molecule has 0 saturated heterocycles. The number of anilines is 1. The fourth-order valence-corrected chi connectivity index (χ4v) is 3.09. The molecule has 0 heterocycles. The SMILES string of the molecule is C#CCNS(=O)(=O)c1ccc(C(=O)OCC(=O)Nc2cc(Cl)ccc2F)cc1. The summed E-state index contributed by atoms with van der Waals surface area (Å²) < 4.78 is 44.3. The van der Waals surface area contributed by atoms with E-state index in [1.54, 1.807) is 0 Å². The fourth-order valence-electron chi connectivity index (χ4n) is 1.98. The molecule has 0 aliphatic heterocycles. The third-order valence-corrected chi connectivity index (χ3v) is 4.95. The van der Waals surface area contributed by atoms with Gasteiger partial charge in [0.2, 0.25) is 10.0 Å². The normalized spacial score (nSPS) is 10.8. The average molecular weight is 425 g/mol. The van der Waals surface area contributed by atoms with E-state index >= 15 is 0 Å². The Morgan fingerprint density at radius 1 is 1.18 bits per heavy atom. The van der Waals surface area contributed by atoms with E-state index in [9.17, 15) is 22.4 Å². The number of terminal acetylenes is 1. The highest BCUT2D eigenvalue weighted by Crippen LogP contribution is 2.19. The van der Waals surface area contributed by atoms with E-state index in [4.69, 9.17) is 22.8 Å². The second-order valence-corrected chi connectivity index (χ2v) is 7.50. The van der Waals surface area contributed by atoms with Crippen LogP contribution in [0.5, 0.6) is 0 Å². The standard InChI is InChI=1S/C18H14ClFN2O5S/c1-2-9-21-28(25,26)14-6-3-12(4-7-14)18(24)27-11-17(23)22-16-10-13(19)5-8-15(16)20/h1,3-8,10,21H,9,11H2,(H,22,23). The molecule has 0 fully saturated rings. The van der Waals surface area contributed by atoms with Crippen molar-refractivity contribution in [3.8, 4) is 12.3 Å². The van der Waals surface area contributed by atoms with Crippen LogP contribution in [0.3, 0.4) is 0 Å². The van der Waals surface area contributed by atoms with Crippen LogP contribution in [0.15, 0.2) is 47.4 Å². The van der Waals surface area contributed by atoms with E-state index < -0.39 is 34.3 Å². The molecule has 0 bridgehead atoms. The van der Waals surface area contributed by atoms with Gasteiger partial charge in [-0.1, -0.05) is 17.5 Å². The van der Waals surface area contributed by atoms with Gasteiger partial charge in [0.1, 0.15) is 5.82 Å². The van der Waals surface area contributed by atoms with E-state index in [0.717, 1.165) is 6.07 Å². The Morgan fingerprint density at radius 2 is 1.86 bits per heavy atom. The lowest BCUT2D eigenvalue weighted by Crippen LogP contribution is -2.24. The van der Waals surface area contributed by atoms with Gasteiger partial charge in [0.25, 0.3) is 5.91 Å². The second-order valence-electron chi connectivity index (χ2n) is 5.30. The first-order chi connectivity index (χ1) is 13.2. The number of halogens is 2. The van der Waals surface area contributed by atoms with E-state index in [2.05, 4.69) is 16.0 Å². The molecule has 146 valence electrons. The van der Waals surface area contributed by atoms with Crippen molar-refractivity contribution in [1.29, 1.82) is 0 Å². The Labute approximate surface area is 165 Å². The second kappa shape index (κ2) is 9.32. The van der Waals surface area contributed by atoms with Gasteiger partial charge in [0.15, 0.2) is 6.61 Å². The molecule has 10 heteroatoms. The van der Waals surface area contributed by atoms with E-state index in [1.807, 2.05) is 0 Å². The summed E-state index contributed by atoms with van der Waals surface area (Å²) in [6, 6.07) is 8.44. The predicted octanol–water partition coefficient (Wildman–Crippen LogP) is 2.19. The Kier molecular flexibility index (Phi) is 7.12. The summed E-state index contributed by atoms with van der Waals surface area (Å²) in [5.41, 5.74) is -0.125. The molecule has 0 aliphatic carbocycles. The molecule has 0 spiro atoms. The van der Waals surface area contributed by atoms with Crippen LogP contribution in [0.25, 0.3) is 0 Å². The third kappa shape index (κ3) is 5.79. The zero-order valence-corrected chi connectivity index (χ0v) is 15.8. The molecule has 0 unspecified atom stereocenters. The molecule has 0 aromatic heterocycles. The lowest BCUT2D eigenvalue weighted by Gasteiger charge is -2.08. The number of nitrogens with one attached hydrogen (secondary N) is 2. The summed E-state index contributed by atoms with van der Waals surface area (Å²) in [4.78, 5) is 23.7. The fraction of sp³-hybridized carbons (Fsp3) is 0.111.